The molecule has 0 spiro atoms. The minimum atomic E-state index is -0.104. The molecule has 1 heteroatoms. The highest BCUT2D eigenvalue weighted by molar-refractivity contribution is 6.26. The average molecular weight is 814 g/mol. The molecule has 0 bridgehead atoms. The van der Waals surface area contributed by atoms with Gasteiger partial charge in [0.15, 0.2) is 0 Å². The number of benzene rings is 12. The van der Waals surface area contributed by atoms with E-state index in [9.17, 15) is 0 Å². The fraction of sp³-hybridized carbons (Fsp3) is 0.0476. The molecule has 1 nitrogen and oxygen atoms in total. The van der Waals surface area contributed by atoms with Gasteiger partial charge in [0.05, 0.1) is 17.1 Å². The zero-order valence-electron chi connectivity index (χ0n) is 35.8. The Labute approximate surface area is 373 Å². The van der Waals surface area contributed by atoms with Gasteiger partial charge in [0.25, 0.3) is 0 Å². The van der Waals surface area contributed by atoms with Gasteiger partial charge in [0.1, 0.15) is 0 Å². The highest BCUT2D eigenvalue weighted by Crippen LogP contribution is 2.53. The molecule has 0 radical (unpaired) electrons. The number of nitrogens with zero attached hydrogens (tertiary/aromatic N) is 1. The predicted octanol–water partition coefficient (Wildman–Crippen LogP) is 17.7. The molecule has 0 heterocycles. The maximum absolute atomic E-state index is 2.50. The third-order valence-corrected chi connectivity index (χ3v) is 14.2. The molecule has 300 valence electrons. The lowest BCUT2D eigenvalue weighted by Gasteiger charge is -2.30. The fourth-order valence-electron chi connectivity index (χ4n) is 11.2. The van der Waals surface area contributed by atoms with Crippen LogP contribution in [0.1, 0.15) is 25.0 Å². The molecule has 0 amide bonds. The van der Waals surface area contributed by atoms with E-state index in [2.05, 4.69) is 243 Å². The normalized spacial score (nSPS) is 13.0. The van der Waals surface area contributed by atoms with E-state index in [4.69, 9.17) is 0 Å². The Kier molecular flexibility index (Phi) is 8.02. The van der Waals surface area contributed by atoms with Crippen molar-refractivity contribution < 1.29 is 0 Å². The van der Waals surface area contributed by atoms with Crippen LogP contribution in [0, 0.1) is 0 Å². The van der Waals surface area contributed by atoms with Crippen LogP contribution >= 0.6 is 0 Å². The van der Waals surface area contributed by atoms with Crippen molar-refractivity contribution in [1.29, 1.82) is 0 Å². The molecule has 13 rings (SSSR count). The van der Waals surface area contributed by atoms with Crippen LogP contribution in [0.15, 0.2) is 224 Å². The Morgan fingerprint density at radius 1 is 0.281 bits per heavy atom. The Hall–Kier alpha value is -8.00. The maximum atomic E-state index is 2.50. The van der Waals surface area contributed by atoms with Crippen molar-refractivity contribution in [3.8, 4) is 33.4 Å². The first kappa shape index (κ1) is 36.6. The van der Waals surface area contributed by atoms with E-state index in [1.807, 2.05) is 0 Å². The lowest BCUT2D eigenvalue weighted by molar-refractivity contribution is 0.660. The zero-order valence-corrected chi connectivity index (χ0v) is 35.8. The molecule has 12 aromatic carbocycles. The van der Waals surface area contributed by atoms with Crippen molar-refractivity contribution in [3.63, 3.8) is 0 Å². The molecule has 0 fully saturated rings. The first-order chi connectivity index (χ1) is 31.5. The Morgan fingerprint density at radius 3 is 1.39 bits per heavy atom. The van der Waals surface area contributed by atoms with E-state index in [0.717, 1.165) is 17.1 Å². The van der Waals surface area contributed by atoms with E-state index < -0.39 is 0 Å². The minimum absolute atomic E-state index is 0.104. The van der Waals surface area contributed by atoms with Crippen molar-refractivity contribution in [3.05, 3.63) is 236 Å². The van der Waals surface area contributed by atoms with Gasteiger partial charge >= 0.3 is 0 Å². The standard InChI is InChI=1S/C63H43N/c1-63(2)56-30-14-13-26-48(56)49-34-33-44(39-57(49)63)61-51-28-11-12-29-52(51)62(55-38-43-20-4-3-19-42(43)37-54(55)61)53-35-36-60(50-27-10-9-25-47(50)53)64(58-31-15-21-40-17-5-7-23-45(40)58)59-32-16-22-41-18-6-8-24-46(41)59/h3-39H,1-2H3. The van der Waals surface area contributed by atoms with Crippen molar-refractivity contribution in [2.45, 2.75) is 19.3 Å². The van der Waals surface area contributed by atoms with Crippen LogP contribution < -0.4 is 4.90 Å². The quantitative estimate of drug-likeness (QED) is 0.157. The number of hydrogen-bond donors (Lipinski definition) is 0. The summed E-state index contributed by atoms with van der Waals surface area (Å²) >= 11 is 0. The van der Waals surface area contributed by atoms with Crippen LogP contribution in [0.3, 0.4) is 0 Å². The first-order valence-electron chi connectivity index (χ1n) is 22.4. The van der Waals surface area contributed by atoms with Crippen LogP contribution in [0.25, 0.3) is 98.0 Å². The topological polar surface area (TPSA) is 3.24 Å². The summed E-state index contributed by atoms with van der Waals surface area (Å²) in [6, 6.07) is 83.7. The summed E-state index contributed by atoms with van der Waals surface area (Å²) in [5.41, 5.74) is 13.8. The lowest BCUT2D eigenvalue weighted by atomic mass is 9.80. The van der Waals surface area contributed by atoms with Crippen molar-refractivity contribution >= 4 is 81.7 Å². The zero-order chi connectivity index (χ0) is 42.5. The van der Waals surface area contributed by atoms with Gasteiger partial charge in [-0.3, -0.25) is 0 Å². The highest BCUT2D eigenvalue weighted by Gasteiger charge is 2.35. The van der Waals surface area contributed by atoms with E-state index in [0.29, 0.717) is 0 Å². The fourth-order valence-corrected chi connectivity index (χ4v) is 11.2. The summed E-state index contributed by atoms with van der Waals surface area (Å²) in [7, 11) is 0. The SMILES string of the molecule is CC1(C)c2ccccc2-c2ccc(-c3c4ccccc4c(-c4ccc(N(c5cccc6ccccc56)c5cccc6ccccc56)c5ccccc45)c4cc5ccccc5cc34)cc21. The van der Waals surface area contributed by atoms with Crippen molar-refractivity contribution in [2.75, 3.05) is 4.90 Å². The minimum Gasteiger partial charge on any atom is -0.309 e. The summed E-state index contributed by atoms with van der Waals surface area (Å²) in [6.45, 7) is 4.76. The van der Waals surface area contributed by atoms with E-state index in [-0.39, 0.29) is 5.41 Å². The van der Waals surface area contributed by atoms with Gasteiger partial charge in [-0.05, 0) is 129 Å². The third kappa shape index (κ3) is 5.37. The van der Waals surface area contributed by atoms with Crippen LogP contribution in [0.2, 0.25) is 0 Å². The maximum Gasteiger partial charge on any atom is 0.0540 e. The molecule has 0 atom stereocenters. The summed E-state index contributed by atoms with van der Waals surface area (Å²) in [6.07, 6.45) is 0. The summed E-state index contributed by atoms with van der Waals surface area (Å²) < 4.78 is 0. The molecular formula is C63H43N. The molecule has 0 aromatic heterocycles. The molecule has 0 saturated carbocycles. The molecule has 0 saturated heterocycles. The largest absolute Gasteiger partial charge is 0.309 e. The number of anilines is 3. The third-order valence-electron chi connectivity index (χ3n) is 14.2. The molecule has 64 heavy (non-hydrogen) atoms. The van der Waals surface area contributed by atoms with E-state index in [1.54, 1.807) is 0 Å². The summed E-state index contributed by atoms with van der Waals surface area (Å²) in [5.74, 6) is 0. The predicted molar refractivity (Wildman–Crippen MR) is 275 cm³/mol. The summed E-state index contributed by atoms with van der Waals surface area (Å²) in [5, 5.41) is 14.8. The average Bonchev–Trinajstić information content (AvgIpc) is 3.58. The van der Waals surface area contributed by atoms with Crippen molar-refractivity contribution in [2.24, 2.45) is 0 Å². The van der Waals surface area contributed by atoms with Crippen LogP contribution in [0.4, 0.5) is 17.1 Å². The lowest BCUT2D eigenvalue weighted by Crippen LogP contribution is -2.14. The van der Waals surface area contributed by atoms with Gasteiger partial charge in [-0.2, -0.15) is 0 Å². The summed E-state index contributed by atoms with van der Waals surface area (Å²) in [4.78, 5) is 2.50. The molecule has 1 aliphatic carbocycles. The monoisotopic (exact) mass is 813 g/mol. The van der Waals surface area contributed by atoms with Gasteiger partial charge in [0, 0.05) is 21.6 Å². The van der Waals surface area contributed by atoms with Gasteiger partial charge in [-0.25, -0.2) is 0 Å². The number of rotatable bonds is 5. The van der Waals surface area contributed by atoms with E-state index >= 15 is 0 Å². The Bertz CT molecular complexity index is 3800. The number of fused-ring (bicyclic) bond motifs is 9. The molecule has 0 aliphatic heterocycles. The molecule has 12 aromatic rings. The van der Waals surface area contributed by atoms with Gasteiger partial charge in [-0.1, -0.05) is 202 Å². The number of hydrogen-bond acceptors (Lipinski definition) is 1. The highest BCUT2D eigenvalue weighted by atomic mass is 15.1. The molecule has 1 aliphatic rings. The second-order valence-electron chi connectivity index (χ2n) is 18.0. The van der Waals surface area contributed by atoms with Crippen LogP contribution in [-0.4, -0.2) is 0 Å². The first-order valence-corrected chi connectivity index (χ1v) is 22.4. The van der Waals surface area contributed by atoms with Gasteiger partial charge in [-0.15, -0.1) is 0 Å². The molecular weight excluding hydrogens is 771 g/mol. The van der Waals surface area contributed by atoms with Crippen molar-refractivity contribution in [1.82, 2.24) is 0 Å². The van der Waals surface area contributed by atoms with Crippen LogP contribution in [-0.2, 0) is 5.41 Å². The van der Waals surface area contributed by atoms with E-state index in [1.165, 1.54) is 109 Å². The van der Waals surface area contributed by atoms with Crippen LogP contribution in [0.5, 0.6) is 0 Å². The van der Waals surface area contributed by atoms with Gasteiger partial charge < -0.3 is 4.90 Å². The second-order valence-corrected chi connectivity index (χ2v) is 18.0. The Balaban J connectivity index is 1.11. The molecule has 0 unspecified atom stereocenters. The molecule has 0 N–H and O–H groups in total. The Morgan fingerprint density at radius 2 is 0.734 bits per heavy atom. The van der Waals surface area contributed by atoms with Gasteiger partial charge in [0.2, 0.25) is 0 Å². The smallest absolute Gasteiger partial charge is 0.0540 e. The second kappa shape index (κ2) is 14.0.